The number of nitrogens with zero attached hydrogens (tertiary/aromatic N) is 2. The summed E-state index contributed by atoms with van der Waals surface area (Å²) in [5, 5.41) is 10.9. The van der Waals surface area contributed by atoms with Crippen LogP contribution in [0.15, 0.2) is 59.7 Å². The van der Waals surface area contributed by atoms with E-state index in [-0.39, 0.29) is 5.91 Å². The molecule has 7 heteroatoms. The summed E-state index contributed by atoms with van der Waals surface area (Å²) in [5.41, 5.74) is 5.07. The van der Waals surface area contributed by atoms with Gasteiger partial charge in [-0.2, -0.15) is 10.2 Å². The molecule has 3 aromatic rings. The first-order valence-electron chi connectivity index (χ1n) is 8.46. The number of hydrazone groups is 1. The zero-order chi connectivity index (χ0) is 19.1. The van der Waals surface area contributed by atoms with E-state index in [0.29, 0.717) is 18.0 Å². The van der Waals surface area contributed by atoms with Gasteiger partial charge in [0.1, 0.15) is 17.2 Å². The second-order valence-electron chi connectivity index (χ2n) is 5.57. The molecule has 2 N–H and O–H groups in total. The maximum atomic E-state index is 12.2. The fraction of sp³-hybridized carbons (Fsp3) is 0.150. The van der Waals surface area contributed by atoms with Crippen molar-refractivity contribution in [2.24, 2.45) is 5.10 Å². The highest BCUT2D eigenvalue weighted by Crippen LogP contribution is 2.28. The van der Waals surface area contributed by atoms with Crippen LogP contribution in [0, 0.1) is 0 Å². The summed E-state index contributed by atoms with van der Waals surface area (Å²) in [6.07, 6.45) is 1.55. The number of para-hydroxylation sites is 1. The minimum Gasteiger partial charge on any atom is -0.497 e. The SMILES string of the molecule is CCOc1ccccc1-c1cc(C(=O)N/N=C/c2ccc(OC)cc2)[nH]n1. The lowest BCUT2D eigenvalue weighted by atomic mass is 10.1. The van der Waals surface area contributed by atoms with Gasteiger partial charge in [0, 0.05) is 5.56 Å². The van der Waals surface area contributed by atoms with E-state index in [1.807, 2.05) is 55.5 Å². The Morgan fingerprint density at radius 2 is 2.00 bits per heavy atom. The van der Waals surface area contributed by atoms with Gasteiger partial charge in [0.15, 0.2) is 0 Å². The average Bonchev–Trinajstić information content (AvgIpc) is 3.19. The molecule has 0 aliphatic heterocycles. The van der Waals surface area contributed by atoms with Gasteiger partial charge < -0.3 is 9.47 Å². The second kappa shape index (κ2) is 8.66. The molecule has 1 heterocycles. The van der Waals surface area contributed by atoms with E-state index in [4.69, 9.17) is 9.47 Å². The molecule has 7 nitrogen and oxygen atoms in total. The van der Waals surface area contributed by atoms with Crippen LogP contribution >= 0.6 is 0 Å². The smallest absolute Gasteiger partial charge is 0.289 e. The zero-order valence-corrected chi connectivity index (χ0v) is 15.1. The molecule has 27 heavy (non-hydrogen) atoms. The van der Waals surface area contributed by atoms with Crippen molar-refractivity contribution in [3.05, 3.63) is 65.9 Å². The van der Waals surface area contributed by atoms with Crippen LogP contribution in [-0.4, -0.2) is 36.0 Å². The molecule has 1 amide bonds. The van der Waals surface area contributed by atoms with Gasteiger partial charge in [-0.1, -0.05) is 12.1 Å². The van der Waals surface area contributed by atoms with Gasteiger partial charge in [0.25, 0.3) is 5.91 Å². The Hall–Kier alpha value is -3.61. The van der Waals surface area contributed by atoms with Crippen molar-refractivity contribution in [2.45, 2.75) is 6.92 Å². The fourth-order valence-corrected chi connectivity index (χ4v) is 2.45. The molecule has 0 fully saturated rings. The molecular formula is C20H20N4O3. The highest BCUT2D eigenvalue weighted by atomic mass is 16.5. The van der Waals surface area contributed by atoms with Crippen molar-refractivity contribution in [2.75, 3.05) is 13.7 Å². The first-order chi connectivity index (χ1) is 13.2. The van der Waals surface area contributed by atoms with Crippen molar-refractivity contribution in [1.82, 2.24) is 15.6 Å². The van der Waals surface area contributed by atoms with E-state index >= 15 is 0 Å². The lowest BCUT2D eigenvalue weighted by molar-refractivity contribution is 0.0950. The first kappa shape index (κ1) is 18.2. The average molecular weight is 364 g/mol. The Balaban J connectivity index is 1.67. The molecule has 0 atom stereocenters. The number of hydrogen-bond donors (Lipinski definition) is 2. The first-order valence-corrected chi connectivity index (χ1v) is 8.46. The van der Waals surface area contributed by atoms with Gasteiger partial charge in [-0.25, -0.2) is 5.43 Å². The third-order valence-corrected chi connectivity index (χ3v) is 3.78. The standard InChI is InChI=1S/C20H20N4O3/c1-3-27-19-7-5-4-6-16(19)17-12-18(23-22-17)20(25)24-21-13-14-8-10-15(26-2)11-9-14/h4-13H,3H2,1-2H3,(H,22,23)(H,24,25)/b21-13+. The Morgan fingerprint density at radius 1 is 1.22 bits per heavy atom. The summed E-state index contributed by atoms with van der Waals surface area (Å²) in [5.74, 6) is 1.09. The normalized spacial score (nSPS) is 10.7. The van der Waals surface area contributed by atoms with Gasteiger partial charge >= 0.3 is 0 Å². The molecule has 0 aliphatic rings. The van der Waals surface area contributed by atoms with Crippen LogP contribution in [0.2, 0.25) is 0 Å². The number of methoxy groups -OCH3 is 1. The third-order valence-electron chi connectivity index (χ3n) is 3.78. The van der Waals surface area contributed by atoms with Crippen LogP contribution in [-0.2, 0) is 0 Å². The van der Waals surface area contributed by atoms with Crippen molar-refractivity contribution < 1.29 is 14.3 Å². The van der Waals surface area contributed by atoms with Crippen LogP contribution in [0.4, 0.5) is 0 Å². The number of aromatic amines is 1. The predicted molar refractivity (Wildman–Crippen MR) is 103 cm³/mol. The summed E-state index contributed by atoms with van der Waals surface area (Å²) in [4.78, 5) is 12.2. The Morgan fingerprint density at radius 3 is 2.74 bits per heavy atom. The van der Waals surface area contributed by atoms with E-state index in [1.165, 1.54) is 0 Å². The number of amides is 1. The van der Waals surface area contributed by atoms with Gasteiger partial charge in [-0.3, -0.25) is 9.89 Å². The molecular weight excluding hydrogens is 344 g/mol. The fourth-order valence-electron chi connectivity index (χ4n) is 2.45. The number of nitrogens with one attached hydrogen (secondary N) is 2. The molecule has 0 bridgehead atoms. The number of aromatic nitrogens is 2. The number of hydrogen-bond acceptors (Lipinski definition) is 5. The monoisotopic (exact) mass is 364 g/mol. The highest BCUT2D eigenvalue weighted by molar-refractivity contribution is 5.94. The van der Waals surface area contributed by atoms with Crippen molar-refractivity contribution >= 4 is 12.1 Å². The minimum atomic E-state index is -0.382. The van der Waals surface area contributed by atoms with Crippen molar-refractivity contribution in [1.29, 1.82) is 0 Å². The van der Waals surface area contributed by atoms with E-state index in [2.05, 4.69) is 20.7 Å². The molecule has 3 rings (SSSR count). The molecule has 0 aliphatic carbocycles. The molecule has 1 aromatic heterocycles. The molecule has 2 aromatic carbocycles. The van der Waals surface area contributed by atoms with Gasteiger partial charge in [0.2, 0.25) is 0 Å². The van der Waals surface area contributed by atoms with Crippen LogP contribution in [0.5, 0.6) is 11.5 Å². The van der Waals surface area contributed by atoms with Crippen LogP contribution < -0.4 is 14.9 Å². The number of H-pyrrole nitrogens is 1. The maximum Gasteiger partial charge on any atom is 0.289 e. The summed E-state index contributed by atoms with van der Waals surface area (Å²) < 4.78 is 10.7. The Bertz CT molecular complexity index is 932. The predicted octanol–water partition coefficient (Wildman–Crippen LogP) is 3.25. The molecule has 0 unspecified atom stereocenters. The third kappa shape index (κ3) is 4.52. The van der Waals surface area contributed by atoms with Crippen molar-refractivity contribution in [3.63, 3.8) is 0 Å². The summed E-state index contributed by atoms with van der Waals surface area (Å²) in [7, 11) is 1.61. The molecule has 0 radical (unpaired) electrons. The maximum absolute atomic E-state index is 12.2. The van der Waals surface area contributed by atoms with Crippen molar-refractivity contribution in [3.8, 4) is 22.8 Å². The van der Waals surface area contributed by atoms with Gasteiger partial charge in [-0.05, 0) is 55.0 Å². The summed E-state index contributed by atoms with van der Waals surface area (Å²) in [6, 6.07) is 16.5. The van der Waals surface area contributed by atoms with Crippen LogP contribution in [0.1, 0.15) is 23.0 Å². The topological polar surface area (TPSA) is 88.6 Å². The molecule has 0 spiro atoms. The summed E-state index contributed by atoms with van der Waals surface area (Å²) >= 11 is 0. The van der Waals surface area contributed by atoms with E-state index < -0.39 is 0 Å². The molecule has 0 saturated carbocycles. The number of benzene rings is 2. The minimum absolute atomic E-state index is 0.309. The van der Waals surface area contributed by atoms with Crippen LogP contribution in [0.3, 0.4) is 0 Å². The van der Waals surface area contributed by atoms with Crippen LogP contribution in [0.25, 0.3) is 11.3 Å². The largest absolute Gasteiger partial charge is 0.497 e. The molecule has 138 valence electrons. The Labute approximate surface area is 157 Å². The quantitative estimate of drug-likeness (QED) is 0.497. The van der Waals surface area contributed by atoms with E-state index in [9.17, 15) is 4.79 Å². The van der Waals surface area contributed by atoms with Gasteiger partial charge in [-0.15, -0.1) is 0 Å². The van der Waals surface area contributed by atoms with E-state index in [0.717, 1.165) is 22.6 Å². The Kier molecular flexibility index (Phi) is 5.84. The molecule has 0 saturated heterocycles. The lowest BCUT2D eigenvalue weighted by Crippen LogP contribution is -2.17. The lowest BCUT2D eigenvalue weighted by Gasteiger charge is -2.07. The number of carbonyl (C=O) groups excluding carboxylic acids is 1. The number of rotatable bonds is 7. The number of carbonyl (C=O) groups is 1. The number of ether oxygens (including phenoxy) is 2. The highest BCUT2D eigenvalue weighted by Gasteiger charge is 2.13. The van der Waals surface area contributed by atoms with E-state index in [1.54, 1.807) is 19.4 Å². The zero-order valence-electron chi connectivity index (χ0n) is 15.1. The summed E-state index contributed by atoms with van der Waals surface area (Å²) in [6.45, 7) is 2.47. The van der Waals surface area contributed by atoms with Gasteiger partial charge in [0.05, 0.1) is 25.6 Å². The second-order valence-corrected chi connectivity index (χ2v) is 5.57.